The summed E-state index contributed by atoms with van der Waals surface area (Å²) in [6.45, 7) is 11.5. The highest BCUT2D eigenvalue weighted by atomic mass is 19.1. The zero-order chi connectivity index (χ0) is 11.1. The Morgan fingerprint density at radius 1 is 1.43 bits per heavy atom. The lowest BCUT2D eigenvalue weighted by Crippen LogP contribution is -1.89. The lowest BCUT2D eigenvalue weighted by Gasteiger charge is -2.05. The Bertz CT molecular complexity index is 244. The molecule has 0 unspecified atom stereocenters. The maximum atomic E-state index is 13.2. The van der Waals surface area contributed by atoms with Crippen LogP contribution in [0.4, 0.5) is 4.39 Å². The van der Waals surface area contributed by atoms with Crippen LogP contribution in [0.2, 0.25) is 0 Å². The molecule has 0 N–H and O–H groups in total. The molecule has 0 saturated heterocycles. The molecular weight excluding hydrogens is 175 g/mol. The Kier molecular flexibility index (Phi) is 6.18. The van der Waals surface area contributed by atoms with Gasteiger partial charge in [0.05, 0.1) is 5.83 Å². The highest BCUT2D eigenvalue weighted by Gasteiger charge is 2.01. The second-order valence-corrected chi connectivity index (χ2v) is 4.03. The minimum atomic E-state index is -0.0222. The number of rotatable bonds is 5. The van der Waals surface area contributed by atoms with Gasteiger partial charge < -0.3 is 0 Å². The van der Waals surface area contributed by atoms with Crippen molar-refractivity contribution >= 4 is 0 Å². The first-order chi connectivity index (χ1) is 6.47. The lowest BCUT2D eigenvalue weighted by atomic mass is 10.0. The molecule has 0 aliphatic rings. The Hall–Kier alpha value is -0.850. The van der Waals surface area contributed by atoms with Gasteiger partial charge in [-0.15, -0.1) is 0 Å². The van der Waals surface area contributed by atoms with E-state index in [1.54, 1.807) is 6.08 Å². The maximum Gasteiger partial charge on any atom is 0.0988 e. The fraction of sp³-hybridized carbons (Fsp3) is 0.538. The Balaban J connectivity index is 4.22. The summed E-state index contributed by atoms with van der Waals surface area (Å²) < 4.78 is 13.2. The van der Waals surface area contributed by atoms with Crippen molar-refractivity contribution in [2.24, 2.45) is 5.92 Å². The van der Waals surface area contributed by atoms with E-state index in [0.717, 1.165) is 12.0 Å². The van der Waals surface area contributed by atoms with E-state index < -0.39 is 0 Å². The van der Waals surface area contributed by atoms with Gasteiger partial charge in [0.25, 0.3) is 0 Å². The lowest BCUT2D eigenvalue weighted by molar-refractivity contribution is 0.516. The van der Waals surface area contributed by atoms with Gasteiger partial charge in [0, 0.05) is 5.92 Å². The van der Waals surface area contributed by atoms with Gasteiger partial charge in [0.15, 0.2) is 0 Å². The van der Waals surface area contributed by atoms with Gasteiger partial charge in [-0.1, -0.05) is 37.6 Å². The van der Waals surface area contributed by atoms with E-state index in [4.69, 9.17) is 0 Å². The van der Waals surface area contributed by atoms with Crippen LogP contribution in [0.3, 0.4) is 0 Å². The van der Waals surface area contributed by atoms with E-state index in [0.29, 0.717) is 6.42 Å². The minimum Gasteiger partial charge on any atom is -0.212 e. The molecule has 0 rings (SSSR count). The molecule has 0 aliphatic carbocycles. The van der Waals surface area contributed by atoms with E-state index in [1.807, 2.05) is 33.8 Å². The van der Waals surface area contributed by atoms with Crippen LogP contribution < -0.4 is 0 Å². The minimum absolute atomic E-state index is 0.00191. The van der Waals surface area contributed by atoms with Gasteiger partial charge in [-0.25, -0.2) is 4.39 Å². The summed E-state index contributed by atoms with van der Waals surface area (Å²) in [5, 5.41) is 0. The SMILES string of the molecule is C=C(C)C/C(=C/C)C/C=C(\F)C(C)C. The molecule has 0 radical (unpaired) electrons. The van der Waals surface area contributed by atoms with Crippen LogP contribution in [-0.2, 0) is 0 Å². The van der Waals surface area contributed by atoms with Crippen LogP contribution >= 0.6 is 0 Å². The van der Waals surface area contributed by atoms with Crippen molar-refractivity contribution in [2.75, 3.05) is 0 Å². The van der Waals surface area contributed by atoms with Gasteiger partial charge in [-0.3, -0.25) is 0 Å². The van der Waals surface area contributed by atoms with Crippen molar-refractivity contribution in [1.82, 2.24) is 0 Å². The third-order valence-electron chi connectivity index (χ3n) is 2.05. The fourth-order valence-corrected chi connectivity index (χ4v) is 1.14. The summed E-state index contributed by atoms with van der Waals surface area (Å²) in [5.74, 6) is -0.0241. The molecule has 0 spiro atoms. The van der Waals surface area contributed by atoms with Crippen molar-refractivity contribution in [2.45, 2.75) is 40.5 Å². The molecule has 0 aliphatic heterocycles. The molecule has 0 atom stereocenters. The molecule has 0 aromatic heterocycles. The first-order valence-corrected chi connectivity index (χ1v) is 5.11. The fourth-order valence-electron chi connectivity index (χ4n) is 1.14. The van der Waals surface area contributed by atoms with Gasteiger partial charge in [0.1, 0.15) is 0 Å². The highest BCUT2D eigenvalue weighted by Crippen LogP contribution is 2.17. The first-order valence-electron chi connectivity index (χ1n) is 5.11. The van der Waals surface area contributed by atoms with Crippen molar-refractivity contribution in [3.63, 3.8) is 0 Å². The van der Waals surface area contributed by atoms with Crippen molar-refractivity contribution < 1.29 is 4.39 Å². The van der Waals surface area contributed by atoms with E-state index in [1.165, 1.54) is 5.57 Å². The van der Waals surface area contributed by atoms with Crippen LogP contribution in [0, 0.1) is 5.92 Å². The zero-order valence-electron chi connectivity index (χ0n) is 9.73. The van der Waals surface area contributed by atoms with Gasteiger partial charge in [0.2, 0.25) is 0 Å². The van der Waals surface area contributed by atoms with Crippen LogP contribution in [0.15, 0.2) is 35.7 Å². The second kappa shape index (κ2) is 6.58. The predicted octanol–water partition coefficient (Wildman–Crippen LogP) is 4.80. The zero-order valence-corrected chi connectivity index (χ0v) is 9.73. The second-order valence-electron chi connectivity index (χ2n) is 4.03. The predicted molar refractivity (Wildman–Crippen MR) is 61.8 cm³/mol. The van der Waals surface area contributed by atoms with Crippen LogP contribution in [0.25, 0.3) is 0 Å². The van der Waals surface area contributed by atoms with E-state index in [9.17, 15) is 4.39 Å². The molecule has 0 amide bonds. The Morgan fingerprint density at radius 3 is 2.36 bits per heavy atom. The van der Waals surface area contributed by atoms with Gasteiger partial charge >= 0.3 is 0 Å². The monoisotopic (exact) mass is 196 g/mol. The van der Waals surface area contributed by atoms with Gasteiger partial charge in [-0.2, -0.15) is 0 Å². The van der Waals surface area contributed by atoms with Crippen molar-refractivity contribution in [3.8, 4) is 0 Å². The first kappa shape index (κ1) is 13.2. The summed E-state index contributed by atoms with van der Waals surface area (Å²) in [7, 11) is 0. The number of hydrogen-bond donors (Lipinski definition) is 0. The molecule has 0 bridgehead atoms. The third kappa shape index (κ3) is 5.74. The molecule has 80 valence electrons. The number of allylic oxidation sites excluding steroid dienone is 5. The van der Waals surface area contributed by atoms with Crippen molar-refractivity contribution in [1.29, 1.82) is 0 Å². The van der Waals surface area contributed by atoms with E-state index in [-0.39, 0.29) is 11.7 Å². The standard InChI is InChI=1S/C13H21F/c1-6-12(9-10(2)3)7-8-13(14)11(4)5/h6,8,11H,2,7,9H2,1,3-5H3/b12-6+,13-8-. The highest BCUT2D eigenvalue weighted by molar-refractivity contribution is 5.15. The molecule has 1 heteroatoms. The summed E-state index contributed by atoms with van der Waals surface area (Å²) in [5.41, 5.74) is 2.35. The normalized spacial score (nSPS) is 13.6. The van der Waals surface area contributed by atoms with E-state index >= 15 is 0 Å². The molecule has 0 saturated carbocycles. The van der Waals surface area contributed by atoms with Crippen LogP contribution in [0.1, 0.15) is 40.5 Å². The molecule has 0 fully saturated rings. The smallest absolute Gasteiger partial charge is 0.0988 e. The summed E-state index contributed by atoms with van der Waals surface area (Å²) in [6, 6.07) is 0. The Morgan fingerprint density at radius 2 is 2.00 bits per heavy atom. The quantitative estimate of drug-likeness (QED) is 0.554. The van der Waals surface area contributed by atoms with E-state index in [2.05, 4.69) is 6.58 Å². The molecule has 0 aromatic rings. The average molecular weight is 196 g/mol. The molecule has 0 heterocycles. The summed E-state index contributed by atoms with van der Waals surface area (Å²) in [4.78, 5) is 0. The van der Waals surface area contributed by atoms with Crippen LogP contribution in [-0.4, -0.2) is 0 Å². The molecule has 0 nitrogen and oxygen atoms in total. The van der Waals surface area contributed by atoms with Gasteiger partial charge in [-0.05, 0) is 32.8 Å². The maximum absolute atomic E-state index is 13.2. The summed E-state index contributed by atoms with van der Waals surface area (Å²) >= 11 is 0. The average Bonchev–Trinajstić information content (AvgIpc) is 2.10. The number of hydrogen-bond acceptors (Lipinski definition) is 0. The van der Waals surface area contributed by atoms with Crippen LogP contribution in [0.5, 0.6) is 0 Å². The van der Waals surface area contributed by atoms with Crippen molar-refractivity contribution in [3.05, 3.63) is 35.7 Å². The topological polar surface area (TPSA) is 0 Å². The Labute approximate surface area is 87.2 Å². The molecule has 14 heavy (non-hydrogen) atoms. The largest absolute Gasteiger partial charge is 0.212 e. The third-order valence-corrected chi connectivity index (χ3v) is 2.05. The summed E-state index contributed by atoms with van der Waals surface area (Å²) in [6.07, 6.45) is 5.29. The molecular formula is C13H21F. The molecule has 0 aromatic carbocycles. The number of halogens is 1.